The van der Waals surface area contributed by atoms with E-state index in [2.05, 4.69) is 76.2 Å². The van der Waals surface area contributed by atoms with E-state index >= 15 is 0 Å². The van der Waals surface area contributed by atoms with Crippen molar-refractivity contribution >= 4 is 0 Å². The first-order valence-electron chi connectivity index (χ1n) is 10.0. The van der Waals surface area contributed by atoms with Crippen LogP contribution in [0, 0.1) is 35.0 Å². The Labute approximate surface area is 145 Å². The monoisotopic (exact) mass is 316 g/mol. The van der Waals surface area contributed by atoms with Crippen molar-refractivity contribution < 1.29 is 0 Å². The highest BCUT2D eigenvalue weighted by molar-refractivity contribution is 4.87. The average Bonchev–Trinajstić information content (AvgIpc) is 2.47. The molecular weight excluding hydrogens is 264 g/mol. The van der Waals surface area contributed by atoms with Crippen LogP contribution in [0.4, 0.5) is 0 Å². The largest absolute Gasteiger partial charge is 0.0683 e. The van der Waals surface area contributed by atoms with Gasteiger partial charge in [-0.05, 0) is 35.0 Å². The van der Waals surface area contributed by atoms with Gasteiger partial charge in [0, 0.05) is 0 Å². The van der Waals surface area contributed by atoms with Crippen molar-refractivity contribution in [1.29, 1.82) is 0 Å². The lowest BCUT2D eigenvalue weighted by molar-refractivity contribution is 0.0305. The molecule has 0 nitrogen and oxygen atoms in total. The summed E-state index contributed by atoms with van der Waals surface area (Å²) in [6, 6.07) is 0. The molecule has 0 aromatic heterocycles. The molecule has 0 N–H and O–H groups in total. The van der Waals surface area contributed by atoms with Crippen LogP contribution in [0.2, 0.25) is 0 Å². The van der Waals surface area contributed by atoms with Crippen LogP contribution in [0.1, 0.15) is 110 Å². The summed E-state index contributed by atoms with van der Waals surface area (Å²) in [5.74, 6) is 4.02. The Kier molecular flexibility index (Phi) is 23.6. The van der Waals surface area contributed by atoms with Crippen molar-refractivity contribution in [2.45, 2.75) is 110 Å². The highest BCUT2D eigenvalue weighted by Crippen LogP contribution is 2.46. The summed E-state index contributed by atoms with van der Waals surface area (Å²) in [5, 5.41) is 0. The molecule has 0 saturated carbocycles. The molecule has 0 saturated heterocycles. The molecule has 22 heavy (non-hydrogen) atoms. The second-order valence-electron chi connectivity index (χ2n) is 7.58. The number of rotatable bonds is 5. The molecule has 0 aromatic rings. The van der Waals surface area contributed by atoms with Gasteiger partial charge in [0.2, 0.25) is 0 Å². The molecule has 0 heterocycles. The van der Waals surface area contributed by atoms with Gasteiger partial charge in [-0.3, -0.25) is 0 Å². The van der Waals surface area contributed by atoms with Gasteiger partial charge in [-0.2, -0.15) is 0 Å². The van der Waals surface area contributed by atoms with Crippen LogP contribution < -0.4 is 0 Å². The van der Waals surface area contributed by atoms with Gasteiger partial charge in [-0.1, -0.05) is 110 Å². The Morgan fingerprint density at radius 3 is 1.00 bits per heavy atom. The van der Waals surface area contributed by atoms with Gasteiger partial charge in [-0.15, -0.1) is 0 Å². The quantitative estimate of drug-likeness (QED) is 0.475. The Balaban J connectivity index is -0.000000170. The minimum atomic E-state index is 0.482. The molecule has 140 valence electrons. The molecule has 0 rings (SSSR count). The van der Waals surface area contributed by atoms with Crippen LogP contribution in [0.15, 0.2) is 0 Å². The maximum Gasteiger partial charge on any atom is -0.0252 e. The molecule has 2 unspecified atom stereocenters. The SMILES string of the molecule is CC.CC.CC(C)C.CCC(C)C(C)C(C)(C(C)C)C(C)C. The minimum absolute atomic E-state index is 0.482. The Morgan fingerprint density at radius 1 is 0.636 bits per heavy atom. The molecule has 0 aliphatic heterocycles. The summed E-state index contributed by atoms with van der Waals surface area (Å²) in [7, 11) is 0. The maximum absolute atomic E-state index is 2.47. The summed E-state index contributed by atoms with van der Waals surface area (Å²) in [6.07, 6.45) is 1.30. The first-order chi connectivity index (χ1) is 10.0. The molecule has 0 aliphatic rings. The van der Waals surface area contributed by atoms with Crippen LogP contribution in [-0.4, -0.2) is 0 Å². The zero-order chi connectivity index (χ0) is 19.1. The second kappa shape index (κ2) is 17.4. The van der Waals surface area contributed by atoms with E-state index in [0.717, 1.165) is 29.6 Å². The van der Waals surface area contributed by atoms with E-state index in [4.69, 9.17) is 0 Å². The van der Waals surface area contributed by atoms with E-state index in [1.165, 1.54) is 6.42 Å². The first-order valence-corrected chi connectivity index (χ1v) is 10.0. The second-order valence-corrected chi connectivity index (χ2v) is 7.58. The summed E-state index contributed by atoms with van der Waals surface area (Å²) in [4.78, 5) is 0. The number of hydrogen-bond acceptors (Lipinski definition) is 0. The molecule has 0 bridgehead atoms. The van der Waals surface area contributed by atoms with Crippen molar-refractivity contribution in [1.82, 2.24) is 0 Å². The fourth-order valence-electron chi connectivity index (χ4n) is 2.68. The van der Waals surface area contributed by atoms with Gasteiger partial charge in [0.05, 0.1) is 0 Å². The van der Waals surface area contributed by atoms with E-state index in [1.807, 2.05) is 27.7 Å². The Morgan fingerprint density at radius 2 is 0.864 bits per heavy atom. The fourth-order valence-corrected chi connectivity index (χ4v) is 2.68. The van der Waals surface area contributed by atoms with E-state index in [1.54, 1.807) is 0 Å². The van der Waals surface area contributed by atoms with Crippen LogP contribution in [0.5, 0.6) is 0 Å². The molecule has 0 aromatic carbocycles. The van der Waals surface area contributed by atoms with Gasteiger partial charge >= 0.3 is 0 Å². The zero-order valence-electron chi connectivity index (χ0n) is 19.1. The highest BCUT2D eigenvalue weighted by Gasteiger charge is 2.39. The van der Waals surface area contributed by atoms with E-state index in [-0.39, 0.29) is 0 Å². The zero-order valence-corrected chi connectivity index (χ0v) is 19.1. The van der Waals surface area contributed by atoms with Crippen LogP contribution in [0.25, 0.3) is 0 Å². The standard InChI is InChI=1S/C14H30.C4H10.2C2H6/c1-9-12(6)13(7)14(8,10(2)3)11(4)5;1-4(2)3;2*1-2/h10-13H,9H2,1-8H3;4H,1-3H3;2*1-2H3. The van der Waals surface area contributed by atoms with Gasteiger partial charge in [0.1, 0.15) is 0 Å². The summed E-state index contributed by atoms with van der Waals surface area (Å²) in [5.41, 5.74) is 0.482. The normalized spacial score (nSPS) is 13.4. The predicted molar refractivity (Wildman–Crippen MR) is 110 cm³/mol. The van der Waals surface area contributed by atoms with Gasteiger partial charge in [0.15, 0.2) is 0 Å². The topological polar surface area (TPSA) is 0 Å². The van der Waals surface area contributed by atoms with Gasteiger partial charge in [-0.25, -0.2) is 0 Å². The third kappa shape index (κ3) is 12.5. The average molecular weight is 317 g/mol. The maximum atomic E-state index is 2.47. The van der Waals surface area contributed by atoms with Crippen molar-refractivity contribution in [3.8, 4) is 0 Å². The van der Waals surface area contributed by atoms with E-state index in [0.29, 0.717) is 5.41 Å². The van der Waals surface area contributed by atoms with Crippen molar-refractivity contribution in [3.05, 3.63) is 0 Å². The third-order valence-corrected chi connectivity index (χ3v) is 4.97. The lowest BCUT2D eigenvalue weighted by atomic mass is 9.59. The molecule has 2 atom stereocenters. The third-order valence-electron chi connectivity index (χ3n) is 4.97. The van der Waals surface area contributed by atoms with E-state index in [9.17, 15) is 0 Å². The lowest BCUT2D eigenvalue weighted by Gasteiger charge is -2.46. The summed E-state index contributed by atoms with van der Waals surface area (Å²) >= 11 is 0. The highest BCUT2D eigenvalue weighted by atomic mass is 14.4. The van der Waals surface area contributed by atoms with Crippen LogP contribution >= 0.6 is 0 Å². The van der Waals surface area contributed by atoms with Crippen LogP contribution in [0.3, 0.4) is 0 Å². The predicted octanol–water partition coefficient (Wildman–Crippen LogP) is 8.70. The molecular formula is C22H52. The molecule has 0 amide bonds. The summed E-state index contributed by atoms with van der Waals surface area (Å²) in [6.45, 7) is 33.6. The van der Waals surface area contributed by atoms with Crippen molar-refractivity contribution in [2.24, 2.45) is 35.0 Å². The molecule has 0 spiro atoms. The smallest absolute Gasteiger partial charge is 0.0252 e. The fraction of sp³-hybridized carbons (Fsp3) is 1.00. The Hall–Kier alpha value is 0. The minimum Gasteiger partial charge on any atom is -0.0683 e. The van der Waals surface area contributed by atoms with Crippen molar-refractivity contribution in [3.63, 3.8) is 0 Å². The molecule has 0 radical (unpaired) electrons. The van der Waals surface area contributed by atoms with Crippen LogP contribution in [-0.2, 0) is 0 Å². The Bertz CT molecular complexity index is 177. The summed E-state index contributed by atoms with van der Waals surface area (Å²) < 4.78 is 0. The lowest BCUT2D eigenvalue weighted by Crippen LogP contribution is -2.39. The number of hydrogen-bond donors (Lipinski definition) is 0. The van der Waals surface area contributed by atoms with Gasteiger partial charge in [0.25, 0.3) is 0 Å². The molecule has 0 heteroatoms. The molecule has 0 aliphatic carbocycles. The first kappa shape index (κ1) is 29.9. The molecule has 0 fully saturated rings. The van der Waals surface area contributed by atoms with Gasteiger partial charge < -0.3 is 0 Å². The van der Waals surface area contributed by atoms with E-state index < -0.39 is 0 Å². The van der Waals surface area contributed by atoms with Crippen molar-refractivity contribution in [2.75, 3.05) is 0 Å².